The van der Waals surface area contributed by atoms with Gasteiger partial charge in [0.25, 0.3) is 0 Å². The van der Waals surface area contributed by atoms with Crippen LogP contribution in [0.3, 0.4) is 0 Å². The first-order chi connectivity index (χ1) is 16.3. The third-order valence-corrected chi connectivity index (χ3v) is 5.44. The first-order valence-electron chi connectivity index (χ1n) is 10.3. The second-order valence-electron chi connectivity index (χ2n) is 7.68. The molecule has 0 saturated heterocycles. The number of pyridine rings is 1. The quantitative estimate of drug-likeness (QED) is 0.352. The van der Waals surface area contributed by atoms with E-state index in [1.54, 1.807) is 13.2 Å². The van der Waals surface area contributed by atoms with Gasteiger partial charge < -0.3 is 10.6 Å². The first-order valence-corrected chi connectivity index (χ1v) is 10.3. The number of fused-ring (bicyclic) bond motifs is 2. The van der Waals surface area contributed by atoms with Gasteiger partial charge in [-0.25, -0.2) is 19.9 Å². The second kappa shape index (κ2) is 8.22. The molecule has 3 heterocycles. The summed E-state index contributed by atoms with van der Waals surface area (Å²) in [6.45, 7) is 1.98. The van der Waals surface area contributed by atoms with Crippen molar-refractivity contribution in [2.75, 3.05) is 17.7 Å². The third-order valence-electron chi connectivity index (χ3n) is 5.44. The maximum atomic E-state index is 13.1. The Morgan fingerprint density at radius 3 is 2.56 bits per heavy atom. The van der Waals surface area contributed by atoms with Gasteiger partial charge in [-0.2, -0.15) is 13.2 Å². The van der Waals surface area contributed by atoms with E-state index in [2.05, 4.69) is 35.6 Å². The molecule has 170 valence electrons. The lowest BCUT2D eigenvalue weighted by molar-refractivity contribution is -0.137. The largest absolute Gasteiger partial charge is 0.417 e. The fourth-order valence-electron chi connectivity index (χ4n) is 3.80. The Morgan fingerprint density at radius 1 is 0.912 bits per heavy atom. The summed E-state index contributed by atoms with van der Waals surface area (Å²) in [5.41, 5.74) is 3.61. The van der Waals surface area contributed by atoms with Gasteiger partial charge in [0.05, 0.1) is 28.5 Å². The highest BCUT2D eigenvalue weighted by Gasteiger charge is 2.31. The number of hydrogen-bond donors (Lipinski definition) is 2. The number of halogens is 3. The number of aryl methyl sites for hydroxylation is 1. The predicted octanol–water partition coefficient (Wildman–Crippen LogP) is 5.75. The molecule has 34 heavy (non-hydrogen) atoms. The summed E-state index contributed by atoms with van der Waals surface area (Å²) in [5, 5.41) is 7.42. The molecule has 0 amide bonds. The zero-order valence-corrected chi connectivity index (χ0v) is 18.1. The fraction of sp³-hybridized carbons (Fsp3) is 0.125. The number of benzene rings is 2. The van der Waals surface area contributed by atoms with E-state index in [1.165, 1.54) is 12.5 Å². The number of nitrogens with one attached hydrogen (secondary N) is 2. The third kappa shape index (κ3) is 3.94. The van der Waals surface area contributed by atoms with Gasteiger partial charge in [0, 0.05) is 35.8 Å². The summed E-state index contributed by atoms with van der Waals surface area (Å²) < 4.78 is 39.3. The second-order valence-corrected chi connectivity index (χ2v) is 7.68. The molecule has 0 unspecified atom stereocenters. The summed E-state index contributed by atoms with van der Waals surface area (Å²) in [7, 11) is 1.76. The molecule has 0 aliphatic heterocycles. The molecule has 0 atom stereocenters. The molecule has 10 heteroatoms. The van der Waals surface area contributed by atoms with Crippen molar-refractivity contribution in [2.24, 2.45) is 0 Å². The van der Waals surface area contributed by atoms with Crippen molar-refractivity contribution >= 4 is 39.3 Å². The van der Waals surface area contributed by atoms with Gasteiger partial charge in [0.15, 0.2) is 0 Å². The first kappa shape index (κ1) is 21.5. The highest BCUT2D eigenvalue weighted by Crippen LogP contribution is 2.36. The maximum Gasteiger partial charge on any atom is 0.417 e. The molecule has 2 aromatic carbocycles. The average Bonchev–Trinajstić information content (AvgIpc) is 2.83. The molecule has 0 saturated carbocycles. The molecule has 0 fully saturated rings. The van der Waals surface area contributed by atoms with Crippen molar-refractivity contribution in [3.8, 4) is 11.1 Å². The molecule has 0 aliphatic carbocycles. The fourth-order valence-corrected chi connectivity index (χ4v) is 3.80. The van der Waals surface area contributed by atoms with Crippen molar-refractivity contribution in [3.05, 3.63) is 72.4 Å². The van der Waals surface area contributed by atoms with Crippen LogP contribution >= 0.6 is 0 Å². The van der Waals surface area contributed by atoms with Crippen LogP contribution in [0.15, 0.2) is 61.3 Å². The lowest BCUT2D eigenvalue weighted by Gasteiger charge is -2.14. The molecule has 2 N–H and O–H groups in total. The van der Waals surface area contributed by atoms with Gasteiger partial charge in [0.2, 0.25) is 5.95 Å². The Balaban J connectivity index is 1.61. The standard InChI is InChI=1S/C24H18F3N7/c1-13-3-5-18-21(20(13)14-4-6-19-15(7-14)9-30-23(28-2)34-19)31-12-32-22(18)33-17-8-16(10-29-11-17)24(25,26)27/h3-12H,1-2H3,(H,28,30,34)(H,31,32,33). The van der Waals surface area contributed by atoms with E-state index in [0.29, 0.717) is 22.7 Å². The highest BCUT2D eigenvalue weighted by molar-refractivity contribution is 6.02. The minimum atomic E-state index is -4.49. The molecule has 7 nitrogen and oxygen atoms in total. The number of nitrogens with zero attached hydrogens (tertiary/aromatic N) is 5. The van der Waals surface area contributed by atoms with Crippen LogP contribution in [0.25, 0.3) is 32.9 Å². The van der Waals surface area contributed by atoms with Crippen LogP contribution in [-0.2, 0) is 6.18 Å². The van der Waals surface area contributed by atoms with E-state index >= 15 is 0 Å². The van der Waals surface area contributed by atoms with E-state index in [4.69, 9.17) is 0 Å². The predicted molar refractivity (Wildman–Crippen MR) is 125 cm³/mol. The molecule has 0 radical (unpaired) electrons. The van der Waals surface area contributed by atoms with Gasteiger partial charge in [-0.05, 0) is 42.3 Å². The van der Waals surface area contributed by atoms with Crippen LogP contribution < -0.4 is 10.6 Å². The number of anilines is 3. The van der Waals surface area contributed by atoms with Gasteiger partial charge in [-0.3, -0.25) is 4.98 Å². The molecule has 0 bridgehead atoms. The van der Waals surface area contributed by atoms with Crippen molar-refractivity contribution in [2.45, 2.75) is 13.1 Å². The molecule has 3 aromatic heterocycles. The smallest absolute Gasteiger partial charge is 0.357 e. The van der Waals surface area contributed by atoms with E-state index in [0.717, 1.165) is 39.9 Å². The summed E-state index contributed by atoms with van der Waals surface area (Å²) in [6, 6.07) is 10.6. The lowest BCUT2D eigenvalue weighted by Crippen LogP contribution is -2.06. The van der Waals surface area contributed by atoms with Crippen molar-refractivity contribution in [3.63, 3.8) is 0 Å². The molecule has 5 rings (SSSR count). The van der Waals surface area contributed by atoms with Crippen LogP contribution in [0.4, 0.5) is 30.6 Å². The van der Waals surface area contributed by atoms with E-state index < -0.39 is 11.7 Å². The lowest BCUT2D eigenvalue weighted by atomic mass is 9.96. The minimum Gasteiger partial charge on any atom is -0.357 e. The van der Waals surface area contributed by atoms with E-state index in [9.17, 15) is 13.2 Å². The molecular formula is C24H18F3N7. The number of alkyl halides is 3. The minimum absolute atomic E-state index is 0.181. The van der Waals surface area contributed by atoms with E-state index in [1.807, 2.05) is 37.3 Å². The average molecular weight is 461 g/mol. The topological polar surface area (TPSA) is 88.5 Å². The van der Waals surface area contributed by atoms with Crippen molar-refractivity contribution in [1.82, 2.24) is 24.9 Å². The maximum absolute atomic E-state index is 13.1. The van der Waals surface area contributed by atoms with Gasteiger partial charge in [-0.15, -0.1) is 0 Å². The van der Waals surface area contributed by atoms with E-state index in [-0.39, 0.29) is 5.69 Å². The zero-order valence-electron chi connectivity index (χ0n) is 18.1. The Kier molecular flexibility index (Phi) is 5.20. The van der Waals surface area contributed by atoms with Crippen LogP contribution in [0.1, 0.15) is 11.1 Å². The van der Waals surface area contributed by atoms with Crippen molar-refractivity contribution in [1.29, 1.82) is 0 Å². The zero-order chi connectivity index (χ0) is 23.9. The normalized spacial score (nSPS) is 11.7. The molecule has 0 aliphatic rings. The number of aromatic nitrogens is 5. The van der Waals surface area contributed by atoms with Crippen molar-refractivity contribution < 1.29 is 13.2 Å². The van der Waals surface area contributed by atoms with Gasteiger partial charge in [-0.1, -0.05) is 12.1 Å². The SMILES string of the molecule is CNc1ncc2cc(-c3c(C)ccc4c(Nc5cncc(C(F)(F)F)c5)ncnc34)ccc2n1. The Bertz CT molecular complexity index is 1530. The van der Waals surface area contributed by atoms with Gasteiger partial charge >= 0.3 is 6.18 Å². The summed E-state index contributed by atoms with van der Waals surface area (Å²) in [4.78, 5) is 21.2. The Morgan fingerprint density at radius 2 is 1.76 bits per heavy atom. The van der Waals surface area contributed by atoms with Crippen LogP contribution in [0.5, 0.6) is 0 Å². The van der Waals surface area contributed by atoms with Gasteiger partial charge in [0.1, 0.15) is 12.1 Å². The monoisotopic (exact) mass is 461 g/mol. The number of hydrogen-bond acceptors (Lipinski definition) is 7. The Labute approximate surface area is 192 Å². The van der Waals surface area contributed by atoms with Crippen LogP contribution in [0.2, 0.25) is 0 Å². The molecule has 0 spiro atoms. The molecular weight excluding hydrogens is 443 g/mol. The van der Waals surface area contributed by atoms with Crippen LogP contribution in [-0.4, -0.2) is 32.0 Å². The summed E-state index contributed by atoms with van der Waals surface area (Å²) in [6.07, 6.45) is 0.754. The van der Waals surface area contributed by atoms with Crippen LogP contribution in [0, 0.1) is 6.92 Å². The Hall–Kier alpha value is -4.34. The molecule has 5 aromatic rings. The summed E-state index contributed by atoms with van der Waals surface area (Å²) >= 11 is 0. The summed E-state index contributed by atoms with van der Waals surface area (Å²) in [5.74, 6) is 0.921. The highest BCUT2D eigenvalue weighted by atomic mass is 19.4. The number of rotatable bonds is 4.